The standard InChI is InChI=1S/C14H15ClN2O2S/c1-11-7-9-16-14(10-11)17-20(18,19)13-4-2-12(3-5-13)6-8-15/h2-5,7,9-10H,6,8H2,1H3,(H,16,17). The van der Waals surface area contributed by atoms with Crippen LogP contribution in [0.15, 0.2) is 47.5 Å². The highest BCUT2D eigenvalue weighted by Gasteiger charge is 2.14. The largest absolute Gasteiger partial charge is 0.263 e. The molecule has 0 radical (unpaired) electrons. The molecule has 0 fully saturated rings. The molecule has 1 aromatic heterocycles. The van der Waals surface area contributed by atoms with Crippen LogP contribution in [-0.2, 0) is 16.4 Å². The van der Waals surface area contributed by atoms with E-state index >= 15 is 0 Å². The molecule has 0 aliphatic heterocycles. The Morgan fingerprint density at radius 3 is 2.50 bits per heavy atom. The molecule has 0 amide bonds. The van der Waals surface area contributed by atoms with E-state index in [-0.39, 0.29) is 4.90 Å². The summed E-state index contributed by atoms with van der Waals surface area (Å²) in [5, 5.41) is 0. The first-order valence-electron chi connectivity index (χ1n) is 6.11. The SMILES string of the molecule is Cc1ccnc(NS(=O)(=O)c2ccc(CCCl)cc2)c1. The summed E-state index contributed by atoms with van der Waals surface area (Å²) in [5.41, 5.74) is 1.95. The highest BCUT2D eigenvalue weighted by Crippen LogP contribution is 2.16. The van der Waals surface area contributed by atoms with Crippen LogP contribution in [0.1, 0.15) is 11.1 Å². The summed E-state index contributed by atoms with van der Waals surface area (Å²) in [4.78, 5) is 4.20. The topological polar surface area (TPSA) is 59.1 Å². The summed E-state index contributed by atoms with van der Waals surface area (Å²) in [5.74, 6) is 0.826. The van der Waals surface area contributed by atoms with Gasteiger partial charge in [-0.05, 0) is 48.7 Å². The Hall–Kier alpha value is -1.59. The molecule has 4 nitrogen and oxygen atoms in total. The Kier molecular flexibility index (Phi) is 4.62. The van der Waals surface area contributed by atoms with Crippen LogP contribution < -0.4 is 4.72 Å². The van der Waals surface area contributed by atoms with E-state index in [4.69, 9.17) is 11.6 Å². The molecule has 0 saturated heterocycles. The predicted molar refractivity (Wildman–Crippen MR) is 80.6 cm³/mol. The number of pyridine rings is 1. The molecule has 20 heavy (non-hydrogen) atoms. The Balaban J connectivity index is 2.21. The molecule has 0 unspecified atom stereocenters. The maximum Gasteiger partial charge on any atom is 0.263 e. The van der Waals surface area contributed by atoms with Crippen LogP contribution in [-0.4, -0.2) is 19.3 Å². The molecular weight excluding hydrogens is 296 g/mol. The third-order valence-electron chi connectivity index (χ3n) is 2.77. The van der Waals surface area contributed by atoms with Crippen molar-refractivity contribution < 1.29 is 8.42 Å². The number of halogens is 1. The van der Waals surface area contributed by atoms with E-state index < -0.39 is 10.0 Å². The summed E-state index contributed by atoms with van der Waals surface area (Å²) >= 11 is 5.65. The molecule has 6 heteroatoms. The highest BCUT2D eigenvalue weighted by atomic mass is 35.5. The average Bonchev–Trinajstić information content (AvgIpc) is 2.39. The van der Waals surface area contributed by atoms with E-state index in [1.54, 1.807) is 42.6 Å². The third-order valence-corrected chi connectivity index (χ3v) is 4.33. The summed E-state index contributed by atoms with van der Waals surface area (Å²) in [7, 11) is -3.61. The van der Waals surface area contributed by atoms with Crippen molar-refractivity contribution >= 4 is 27.4 Å². The van der Waals surface area contributed by atoms with Gasteiger partial charge in [-0.3, -0.25) is 4.72 Å². The van der Waals surface area contributed by atoms with Gasteiger partial charge in [0.2, 0.25) is 0 Å². The van der Waals surface area contributed by atoms with Crippen LogP contribution in [0.4, 0.5) is 5.82 Å². The summed E-state index contributed by atoms with van der Waals surface area (Å²) in [6, 6.07) is 10.2. The van der Waals surface area contributed by atoms with Crippen molar-refractivity contribution in [2.45, 2.75) is 18.2 Å². The number of aromatic nitrogens is 1. The molecular formula is C14H15ClN2O2S. The zero-order valence-corrected chi connectivity index (χ0v) is 12.6. The van der Waals surface area contributed by atoms with E-state index in [1.807, 2.05) is 6.92 Å². The Morgan fingerprint density at radius 1 is 1.20 bits per heavy atom. The van der Waals surface area contributed by atoms with Gasteiger partial charge in [0.05, 0.1) is 4.90 Å². The molecule has 0 aliphatic carbocycles. The number of alkyl halides is 1. The maximum absolute atomic E-state index is 12.2. The third kappa shape index (κ3) is 3.71. The molecule has 1 heterocycles. The fourth-order valence-electron chi connectivity index (χ4n) is 1.73. The van der Waals surface area contributed by atoms with Crippen molar-refractivity contribution in [1.82, 2.24) is 4.98 Å². The van der Waals surface area contributed by atoms with Gasteiger partial charge in [-0.15, -0.1) is 11.6 Å². The smallest absolute Gasteiger partial charge is 0.263 e. The fourth-order valence-corrected chi connectivity index (χ4v) is 2.95. The number of hydrogen-bond donors (Lipinski definition) is 1. The number of hydrogen-bond acceptors (Lipinski definition) is 3. The van der Waals surface area contributed by atoms with Crippen LogP contribution in [0, 0.1) is 6.92 Å². The van der Waals surface area contributed by atoms with Gasteiger partial charge in [0, 0.05) is 12.1 Å². The molecule has 0 saturated carbocycles. The van der Waals surface area contributed by atoms with Gasteiger partial charge in [-0.1, -0.05) is 12.1 Å². The average molecular weight is 311 g/mol. The van der Waals surface area contributed by atoms with Gasteiger partial charge in [-0.2, -0.15) is 0 Å². The number of nitrogens with one attached hydrogen (secondary N) is 1. The van der Waals surface area contributed by atoms with Gasteiger partial charge in [0.25, 0.3) is 10.0 Å². The van der Waals surface area contributed by atoms with E-state index in [0.717, 1.165) is 17.5 Å². The van der Waals surface area contributed by atoms with Gasteiger partial charge < -0.3 is 0 Å². The zero-order valence-electron chi connectivity index (χ0n) is 11.0. The second kappa shape index (κ2) is 6.24. The highest BCUT2D eigenvalue weighted by molar-refractivity contribution is 7.92. The van der Waals surface area contributed by atoms with Crippen molar-refractivity contribution in [1.29, 1.82) is 0 Å². The summed E-state index contributed by atoms with van der Waals surface area (Å²) in [6.07, 6.45) is 2.28. The van der Waals surface area contributed by atoms with Crippen molar-refractivity contribution in [2.24, 2.45) is 0 Å². The van der Waals surface area contributed by atoms with E-state index in [9.17, 15) is 8.42 Å². The second-order valence-electron chi connectivity index (χ2n) is 4.41. The van der Waals surface area contributed by atoms with Gasteiger partial charge in [0.15, 0.2) is 0 Å². The van der Waals surface area contributed by atoms with Crippen LogP contribution in [0.5, 0.6) is 0 Å². The van der Waals surface area contributed by atoms with Crippen molar-refractivity contribution in [2.75, 3.05) is 10.6 Å². The number of anilines is 1. The minimum absolute atomic E-state index is 0.208. The molecule has 0 spiro atoms. The lowest BCUT2D eigenvalue weighted by atomic mass is 10.2. The lowest BCUT2D eigenvalue weighted by Crippen LogP contribution is -2.14. The first-order chi connectivity index (χ1) is 9.51. The summed E-state index contributed by atoms with van der Waals surface area (Å²) in [6.45, 7) is 1.88. The van der Waals surface area contributed by atoms with Crippen molar-refractivity contribution in [3.05, 3.63) is 53.7 Å². The minimum atomic E-state index is -3.61. The molecule has 0 bridgehead atoms. The Labute approximate surface area is 123 Å². The van der Waals surface area contributed by atoms with Crippen LogP contribution in [0.25, 0.3) is 0 Å². The van der Waals surface area contributed by atoms with Crippen LogP contribution in [0.3, 0.4) is 0 Å². The number of sulfonamides is 1. The number of rotatable bonds is 5. The van der Waals surface area contributed by atoms with Crippen LogP contribution >= 0.6 is 11.6 Å². The fraction of sp³-hybridized carbons (Fsp3) is 0.214. The first kappa shape index (κ1) is 14.8. The molecule has 2 rings (SSSR count). The summed E-state index contributed by atoms with van der Waals surface area (Å²) < 4.78 is 26.9. The second-order valence-corrected chi connectivity index (χ2v) is 6.47. The number of benzene rings is 1. The number of nitrogens with zero attached hydrogens (tertiary/aromatic N) is 1. The molecule has 1 aromatic carbocycles. The van der Waals surface area contributed by atoms with E-state index in [0.29, 0.717) is 11.7 Å². The molecule has 0 atom stereocenters. The monoisotopic (exact) mass is 310 g/mol. The lowest BCUT2D eigenvalue weighted by molar-refractivity contribution is 0.601. The molecule has 1 N–H and O–H groups in total. The van der Waals surface area contributed by atoms with E-state index in [1.165, 1.54) is 0 Å². The molecule has 106 valence electrons. The quantitative estimate of drug-likeness (QED) is 0.864. The maximum atomic E-state index is 12.2. The van der Waals surface area contributed by atoms with Crippen LogP contribution in [0.2, 0.25) is 0 Å². The minimum Gasteiger partial charge on any atom is -0.263 e. The molecule has 0 aliphatic rings. The first-order valence-corrected chi connectivity index (χ1v) is 8.13. The van der Waals surface area contributed by atoms with Crippen molar-refractivity contribution in [3.8, 4) is 0 Å². The zero-order chi connectivity index (χ0) is 14.6. The van der Waals surface area contributed by atoms with Gasteiger partial charge in [-0.25, -0.2) is 13.4 Å². The predicted octanol–water partition coefficient (Wildman–Crippen LogP) is 2.97. The molecule has 2 aromatic rings. The van der Waals surface area contributed by atoms with Gasteiger partial charge in [0.1, 0.15) is 5.82 Å². The normalized spacial score (nSPS) is 11.3. The lowest BCUT2D eigenvalue weighted by Gasteiger charge is -2.08. The number of aryl methyl sites for hydroxylation is 2. The van der Waals surface area contributed by atoms with Crippen molar-refractivity contribution in [3.63, 3.8) is 0 Å². The van der Waals surface area contributed by atoms with E-state index in [2.05, 4.69) is 9.71 Å². The Morgan fingerprint density at radius 2 is 1.90 bits per heavy atom. The Bertz CT molecular complexity index is 685. The van der Waals surface area contributed by atoms with Gasteiger partial charge >= 0.3 is 0 Å².